The van der Waals surface area contributed by atoms with Gasteiger partial charge in [-0.25, -0.2) is 0 Å². The summed E-state index contributed by atoms with van der Waals surface area (Å²) < 4.78 is 5.77. The molecule has 0 bridgehead atoms. The van der Waals surface area contributed by atoms with Crippen LogP contribution in [0.3, 0.4) is 0 Å². The Bertz CT molecular complexity index is 227. The Labute approximate surface area is 107 Å². The van der Waals surface area contributed by atoms with Crippen LogP contribution in [0.1, 0.15) is 48.0 Å². The Balaban J connectivity index is 2.18. The highest BCUT2D eigenvalue weighted by Crippen LogP contribution is 2.13. The maximum Gasteiger partial charge on any atom is 0.0600 e. The van der Waals surface area contributed by atoms with Crippen LogP contribution < -0.4 is 5.32 Å². The van der Waals surface area contributed by atoms with Gasteiger partial charge in [-0.2, -0.15) is 0 Å². The molecule has 1 atom stereocenters. The highest BCUT2D eigenvalue weighted by atomic mass is 16.5. The number of hydrogen-bond acceptors (Lipinski definition) is 3. The molecule has 0 amide bonds. The molecule has 1 N–H and O–H groups in total. The third kappa shape index (κ3) is 7.02. The van der Waals surface area contributed by atoms with Crippen LogP contribution in [0.5, 0.6) is 0 Å². The van der Waals surface area contributed by atoms with E-state index in [0.717, 1.165) is 19.7 Å². The Morgan fingerprint density at radius 1 is 1.18 bits per heavy atom. The summed E-state index contributed by atoms with van der Waals surface area (Å²) in [5, 5.41) is 3.67. The van der Waals surface area contributed by atoms with Crippen LogP contribution in [0.2, 0.25) is 0 Å². The lowest BCUT2D eigenvalue weighted by Gasteiger charge is -2.26. The second-order valence-electron chi connectivity index (χ2n) is 7.14. The highest BCUT2D eigenvalue weighted by Gasteiger charge is 2.25. The van der Waals surface area contributed by atoms with Crippen molar-refractivity contribution in [1.29, 1.82) is 0 Å². The molecule has 0 saturated carbocycles. The first-order valence-electron chi connectivity index (χ1n) is 6.80. The van der Waals surface area contributed by atoms with Crippen LogP contribution in [0.4, 0.5) is 0 Å². The molecule has 0 radical (unpaired) electrons. The number of nitrogens with zero attached hydrogens (tertiary/aromatic N) is 1. The van der Waals surface area contributed by atoms with E-state index in [-0.39, 0.29) is 11.1 Å². The smallest absolute Gasteiger partial charge is 0.0600 e. The van der Waals surface area contributed by atoms with Crippen molar-refractivity contribution in [2.24, 2.45) is 0 Å². The molecule has 0 aliphatic carbocycles. The van der Waals surface area contributed by atoms with Crippen molar-refractivity contribution in [2.45, 2.75) is 65.1 Å². The molecule has 1 saturated heterocycles. The van der Waals surface area contributed by atoms with Gasteiger partial charge in [0.25, 0.3) is 0 Å². The van der Waals surface area contributed by atoms with Gasteiger partial charge in [0.2, 0.25) is 0 Å². The highest BCUT2D eigenvalue weighted by molar-refractivity contribution is 4.85. The van der Waals surface area contributed by atoms with Crippen LogP contribution >= 0.6 is 0 Å². The van der Waals surface area contributed by atoms with Gasteiger partial charge in [-0.1, -0.05) is 0 Å². The third-order valence-corrected chi connectivity index (χ3v) is 2.85. The number of ether oxygens (including phenoxy) is 1. The molecule has 1 heterocycles. The Morgan fingerprint density at radius 3 is 2.35 bits per heavy atom. The zero-order valence-electron chi connectivity index (χ0n) is 12.5. The second-order valence-corrected chi connectivity index (χ2v) is 7.14. The first-order valence-corrected chi connectivity index (χ1v) is 6.80. The van der Waals surface area contributed by atoms with Gasteiger partial charge >= 0.3 is 0 Å². The molecule has 1 aliphatic heterocycles. The van der Waals surface area contributed by atoms with Gasteiger partial charge in [0.1, 0.15) is 0 Å². The van der Waals surface area contributed by atoms with E-state index in [1.165, 1.54) is 13.0 Å². The molecular weight excluding hydrogens is 212 g/mol. The molecule has 0 unspecified atom stereocenters. The van der Waals surface area contributed by atoms with Crippen LogP contribution in [-0.4, -0.2) is 48.3 Å². The van der Waals surface area contributed by atoms with Gasteiger partial charge < -0.3 is 10.1 Å². The molecule has 1 aliphatic rings. The molecule has 102 valence electrons. The Kier molecular flexibility index (Phi) is 4.99. The molecule has 1 rings (SSSR count). The summed E-state index contributed by atoms with van der Waals surface area (Å²) >= 11 is 0. The van der Waals surface area contributed by atoms with Gasteiger partial charge in [0, 0.05) is 24.7 Å². The maximum absolute atomic E-state index is 5.77. The minimum absolute atomic E-state index is 0.0111. The SMILES string of the molecule is CC(C)(C)N[C@H]1CCN(CCOC(C)(C)C)C1. The second kappa shape index (κ2) is 5.68. The van der Waals surface area contributed by atoms with E-state index in [1.807, 2.05) is 0 Å². The van der Waals surface area contributed by atoms with E-state index in [0.29, 0.717) is 6.04 Å². The average Bonchev–Trinajstić information content (AvgIpc) is 2.46. The summed E-state index contributed by atoms with van der Waals surface area (Å²) in [6.45, 7) is 17.3. The molecule has 3 nitrogen and oxygen atoms in total. The first-order chi connectivity index (χ1) is 7.66. The van der Waals surface area contributed by atoms with Gasteiger partial charge in [-0.3, -0.25) is 4.90 Å². The fraction of sp³-hybridized carbons (Fsp3) is 1.00. The van der Waals surface area contributed by atoms with E-state index in [9.17, 15) is 0 Å². The largest absolute Gasteiger partial charge is 0.375 e. The van der Waals surface area contributed by atoms with Crippen LogP contribution in [0.15, 0.2) is 0 Å². The standard InChI is InChI=1S/C14H30N2O/c1-13(2,3)15-12-7-8-16(11-12)9-10-17-14(4,5)6/h12,15H,7-11H2,1-6H3/t12-/m0/s1. The van der Waals surface area contributed by atoms with E-state index in [1.54, 1.807) is 0 Å². The van der Waals surface area contributed by atoms with Gasteiger partial charge in [-0.15, -0.1) is 0 Å². The van der Waals surface area contributed by atoms with Crippen LogP contribution in [-0.2, 0) is 4.74 Å². The van der Waals surface area contributed by atoms with Crippen molar-refractivity contribution in [2.75, 3.05) is 26.2 Å². The Hall–Kier alpha value is -0.120. The lowest BCUT2D eigenvalue weighted by atomic mass is 10.1. The molecular formula is C14H30N2O. The van der Waals surface area contributed by atoms with E-state index in [2.05, 4.69) is 51.8 Å². The average molecular weight is 242 g/mol. The molecule has 0 aromatic rings. The summed E-state index contributed by atoms with van der Waals surface area (Å²) in [6.07, 6.45) is 1.26. The van der Waals surface area contributed by atoms with Gasteiger partial charge in [0.05, 0.1) is 12.2 Å². The van der Waals surface area contributed by atoms with E-state index < -0.39 is 0 Å². The zero-order valence-corrected chi connectivity index (χ0v) is 12.5. The third-order valence-electron chi connectivity index (χ3n) is 2.85. The maximum atomic E-state index is 5.77. The number of likely N-dealkylation sites (tertiary alicyclic amines) is 1. The van der Waals surface area contributed by atoms with Crippen molar-refractivity contribution in [3.05, 3.63) is 0 Å². The fourth-order valence-corrected chi connectivity index (χ4v) is 2.25. The van der Waals surface area contributed by atoms with Gasteiger partial charge in [0.15, 0.2) is 0 Å². The molecule has 0 aromatic carbocycles. The van der Waals surface area contributed by atoms with Crippen molar-refractivity contribution >= 4 is 0 Å². The first kappa shape index (κ1) is 14.9. The van der Waals surface area contributed by atoms with E-state index in [4.69, 9.17) is 4.74 Å². The Morgan fingerprint density at radius 2 is 1.82 bits per heavy atom. The summed E-state index contributed by atoms with van der Waals surface area (Å²) in [6, 6.07) is 0.643. The lowest BCUT2D eigenvalue weighted by molar-refractivity contribution is -0.0111. The van der Waals surface area contributed by atoms with Gasteiger partial charge in [-0.05, 0) is 54.5 Å². The monoisotopic (exact) mass is 242 g/mol. The molecule has 0 spiro atoms. The predicted molar refractivity (Wildman–Crippen MR) is 73.4 cm³/mol. The molecule has 17 heavy (non-hydrogen) atoms. The minimum atomic E-state index is -0.0111. The van der Waals surface area contributed by atoms with E-state index >= 15 is 0 Å². The number of hydrogen-bond donors (Lipinski definition) is 1. The summed E-state index contributed by atoms with van der Waals surface area (Å²) in [7, 11) is 0. The summed E-state index contributed by atoms with van der Waals surface area (Å²) in [4.78, 5) is 2.50. The van der Waals surface area contributed by atoms with Crippen molar-refractivity contribution in [3.8, 4) is 0 Å². The van der Waals surface area contributed by atoms with Crippen molar-refractivity contribution in [1.82, 2.24) is 10.2 Å². The molecule has 0 aromatic heterocycles. The molecule has 1 fully saturated rings. The van der Waals surface area contributed by atoms with Crippen LogP contribution in [0, 0.1) is 0 Å². The summed E-state index contributed by atoms with van der Waals surface area (Å²) in [5.74, 6) is 0. The number of rotatable bonds is 4. The lowest BCUT2D eigenvalue weighted by Crippen LogP contribution is -2.45. The number of nitrogens with one attached hydrogen (secondary N) is 1. The topological polar surface area (TPSA) is 24.5 Å². The summed E-state index contributed by atoms with van der Waals surface area (Å²) in [5.41, 5.74) is 0.214. The minimum Gasteiger partial charge on any atom is -0.375 e. The van der Waals surface area contributed by atoms with Crippen LogP contribution in [0.25, 0.3) is 0 Å². The quantitative estimate of drug-likeness (QED) is 0.818. The normalized spacial score (nSPS) is 23.3. The zero-order chi connectivity index (χ0) is 13.1. The molecule has 3 heteroatoms. The fourth-order valence-electron chi connectivity index (χ4n) is 2.25. The van der Waals surface area contributed by atoms with Crippen molar-refractivity contribution in [3.63, 3.8) is 0 Å². The van der Waals surface area contributed by atoms with Crippen molar-refractivity contribution < 1.29 is 4.74 Å². The predicted octanol–water partition coefficient (Wildman–Crippen LogP) is 2.26.